The van der Waals surface area contributed by atoms with Gasteiger partial charge in [0.15, 0.2) is 5.82 Å². The number of nitrogens with zero attached hydrogens (tertiary/aromatic N) is 3. The van der Waals surface area contributed by atoms with E-state index in [1.807, 2.05) is 18.2 Å². The summed E-state index contributed by atoms with van der Waals surface area (Å²) in [5, 5.41) is 12.7. The molecule has 3 rings (SSSR count). The summed E-state index contributed by atoms with van der Waals surface area (Å²) in [5.41, 5.74) is 1.02. The van der Waals surface area contributed by atoms with Gasteiger partial charge >= 0.3 is 0 Å². The third-order valence-electron chi connectivity index (χ3n) is 3.12. The molecular weight excluding hydrogens is 316 g/mol. The van der Waals surface area contributed by atoms with Crippen LogP contribution in [0, 0.1) is 0 Å². The van der Waals surface area contributed by atoms with Crippen molar-refractivity contribution >= 4 is 27.5 Å². The Labute approximate surface area is 118 Å². The molecule has 94 valence electrons. The molecular formula is C12H12BrClN4. The van der Waals surface area contributed by atoms with Crippen LogP contribution in [-0.2, 0) is 6.54 Å². The minimum atomic E-state index is 0.242. The second-order valence-electron chi connectivity index (χ2n) is 4.33. The molecule has 0 aliphatic carbocycles. The van der Waals surface area contributed by atoms with Gasteiger partial charge < -0.3 is 9.88 Å². The highest BCUT2D eigenvalue weighted by Crippen LogP contribution is 2.31. The lowest BCUT2D eigenvalue weighted by Gasteiger charge is -2.22. The number of hydrogen-bond acceptors (Lipinski definition) is 3. The Bertz CT molecular complexity index is 596. The van der Waals surface area contributed by atoms with Crippen molar-refractivity contribution in [3.8, 4) is 11.4 Å². The minimum absolute atomic E-state index is 0.242. The van der Waals surface area contributed by atoms with Crippen molar-refractivity contribution in [2.75, 3.05) is 6.54 Å². The van der Waals surface area contributed by atoms with E-state index in [9.17, 15) is 0 Å². The quantitative estimate of drug-likeness (QED) is 0.875. The van der Waals surface area contributed by atoms with Crippen LogP contribution in [0.2, 0.25) is 5.02 Å². The van der Waals surface area contributed by atoms with Crippen LogP contribution in [0.4, 0.5) is 0 Å². The van der Waals surface area contributed by atoms with Crippen molar-refractivity contribution in [1.29, 1.82) is 0 Å². The average molecular weight is 328 g/mol. The summed E-state index contributed by atoms with van der Waals surface area (Å²) in [6.45, 7) is 3.92. The fourth-order valence-electron chi connectivity index (χ4n) is 2.21. The standard InChI is InChI=1S/C12H12BrClN4/c1-7-11-16-17-12(18(11)5-4-15-7)9-3-2-8(14)6-10(9)13/h2-3,6-7,15H,4-5H2,1H3. The molecule has 1 unspecified atom stereocenters. The first kappa shape index (κ1) is 12.1. The van der Waals surface area contributed by atoms with Gasteiger partial charge in [-0.2, -0.15) is 0 Å². The van der Waals surface area contributed by atoms with Crippen LogP contribution in [0.15, 0.2) is 22.7 Å². The van der Waals surface area contributed by atoms with Crippen molar-refractivity contribution in [3.05, 3.63) is 33.5 Å². The van der Waals surface area contributed by atoms with Gasteiger partial charge in [-0.15, -0.1) is 10.2 Å². The zero-order valence-corrected chi connectivity index (χ0v) is 12.2. The van der Waals surface area contributed by atoms with Crippen molar-refractivity contribution in [1.82, 2.24) is 20.1 Å². The van der Waals surface area contributed by atoms with Gasteiger partial charge in [0.05, 0.1) is 6.04 Å². The zero-order chi connectivity index (χ0) is 12.7. The van der Waals surface area contributed by atoms with Gasteiger partial charge in [0.2, 0.25) is 0 Å². The molecule has 1 atom stereocenters. The Morgan fingerprint density at radius 3 is 3.06 bits per heavy atom. The van der Waals surface area contributed by atoms with Crippen LogP contribution in [-0.4, -0.2) is 21.3 Å². The molecule has 0 spiro atoms. The van der Waals surface area contributed by atoms with Crippen LogP contribution in [0.5, 0.6) is 0 Å². The van der Waals surface area contributed by atoms with Crippen LogP contribution >= 0.6 is 27.5 Å². The molecule has 4 nitrogen and oxygen atoms in total. The lowest BCUT2D eigenvalue weighted by atomic mass is 10.2. The molecule has 0 saturated heterocycles. The molecule has 1 aliphatic heterocycles. The molecule has 1 aromatic heterocycles. The van der Waals surface area contributed by atoms with E-state index in [0.717, 1.165) is 34.8 Å². The predicted molar refractivity (Wildman–Crippen MR) is 74.6 cm³/mol. The van der Waals surface area contributed by atoms with E-state index in [2.05, 4.69) is 42.9 Å². The van der Waals surface area contributed by atoms with Crippen molar-refractivity contribution in [3.63, 3.8) is 0 Å². The number of rotatable bonds is 1. The van der Waals surface area contributed by atoms with Gasteiger partial charge in [-0.05, 0) is 41.1 Å². The number of benzene rings is 1. The highest BCUT2D eigenvalue weighted by atomic mass is 79.9. The minimum Gasteiger partial charge on any atom is -0.308 e. The molecule has 0 amide bonds. The van der Waals surface area contributed by atoms with Crippen molar-refractivity contribution in [2.45, 2.75) is 19.5 Å². The van der Waals surface area contributed by atoms with E-state index in [-0.39, 0.29) is 6.04 Å². The number of nitrogens with one attached hydrogen (secondary N) is 1. The molecule has 0 saturated carbocycles. The van der Waals surface area contributed by atoms with Crippen LogP contribution < -0.4 is 5.32 Å². The van der Waals surface area contributed by atoms with Crippen LogP contribution in [0.25, 0.3) is 11.4 Å². The Hall–Kier alpha value is -0.910. The lowest BCUT2D eigenvalue weighted by Crippen LogP contribution is -2.32. The van der Waals surface area contributed by atoms with Gasteiger partial charge in [0.25, 0.3) is 0 Å². The maximum absolute atomic E-state index is 5.96. The summed E-state index contributed by atoms with van der Waals surface area (Å²) in [4.78, 5) is 0. The van der Waals surface area contributed by atoms with Gasteiger partial charge in [0, 0.05) is 28.1 Å². The predicted octanol–water partition coefficient (Wildman–Crippen LogP) is 3.03. The average Bonchev–Trinajstić information content (AvgIpc) is 2.74. The number of halogens is 2. The monoisotopic (exact) mass is 326 g/mol. The molecule has 1 aromatic carbocycles. The maximum atomic E-state index is 5.96. The highest BCUT2D eigenvalue weighted by molar-refractivity contribution is 9.10. The Morgan fingerprint density at radius 2 is 2.28 bits per heavy atom. The maximum Gasteiger partial charge on any atom is 0.165 e. The van der Waals surface area contributed by atoms with E-state index < -0.39 is 0 Å². The second kappa shape index (κ2) is 4.64. The molecule has 18 heavy (non-hydrogen) atoms. The molecule has 2 aromatic rings. The van der Waals surface area contributed by atoms with E-state index >= 15 is 0 Å². The zero-order valence-electron chi connectivity index (χ0n) is 9.82. The largest absolute Gasteiger partial charge is 0.308 e. The topological polar surface area (TPSA) is 42.7 Å². The first-order valence-corrected chi connectivity index (χ1v) is 6.96. The summed E-state index contributed by atoms with van der Waals surface area (Å²) in [5.74, 6) is 1.87. The van der Waals surface area contributed by atoms with E-state index in [1.54, 1.807) is 0 Å². The van der Waals surface area contributed by atoms with E-state index in [4.69, 9.17) is 11.6 Å². The third kappa shape index (κ3) is 1.96. The van der Waals surface area contributed by atoms with Crippen LogP contribution in [0.3, 0.4) is 0 Å². The van der Waals surface area contributed by atoms with Gasteiger partial charge in [-0.25, -0.2) is 0 Å². The highest BCUT2D eigenvalue weighted by Gasteiger charge is 2.22. The molecule has 0 fully saturated rings. The summed E-state index contributed by atoms with van der Waals surface area (Å²) in [7, 11) is 0. The summed E-state index contributed by atoms with van der Waals surface area (Å²) in [6, 6.07) is 5.96. The van der Waals surface area contributed by atoms with Gasteiger partial charge in [0.1, 0.15) is 5.82 Å². The normalized spacial score (nSPS) is 18.7. The van der Waals surface area contributed by atoms with Gasteiger partial charge in [-0.1, -0.05) is 11.6 Å². The van der Waals surface area contributed by atoms with Gasteiger partial charge in [-0.3, -0.25) is 0 Å². The van der Waals surface area contributed by atoms with Crippen LogP contribution in [0.1, 0.15) is 18.8 Å². The molecule has 1 aliphatic rings. The summed E-state index contributed by atoms with van der Waals surface area (Å²) >= 11 is 9.49. The fourth-order valence-corrected chi connectivity index (χ4v) is 3.07. The number of hydrogen-bond donors (Lipinski definition) is 1. The third-order valence-corrected chi connectivity index (χ3v) is 4.02. The Morgan fingerprint density at radius 1 is 1.44 bits per heavy atom. The summed E-state index contributed by atoms with van der Waals surface area (Å²) < 4.78 is 3.10. The SMILES string of the molecule is CC1NCCn2c(-c3ccc(Cl)cc3Br)nnc21. The first-order valence-electron chi connectivity index (χ1n) is 5.78. The molecule has 1 N–H and O–H groups in total. The molecule has 2 heterocycles. The Balaban J connectivity index is 2.12. The second-order valence-corrected chi connectivity index (χ2v) is 5.62. The fraction of sp³-hybridized carbons (Fsp3) is 0.333. The van der Waals surface area contributed by atoms with Crippen molar-refractivity contribution < 1.29 is 0 Å². The van der Waals surface area contributed by atoms with E-state index in [1.165, 1.54) is 0 Å². The molecule has 6 heteroatoms. The smallest absolute Gasteiger partial charge is 0.165 e. The van der Waals surface area contributed by atoms with E-state index in [0.29, 0.717) is 5.02 Å². The first-order chi connectivity index (χ1) is 8.66. The summed E-state index contributed by atoms with van der Waals surface area (Å²) in [6.07, 6.45) is 0. The lowest BCUT2D eigenvalue weighted by molar-refractivity contribution is 0.439. The molecule has 0 bridgehead atoms. The molecule has 0 radical (unpaired) electrons. The Kier molecular flexibility index (Phi) is 3.13. The van der Waals surface area contributed by atoms with Crippen molar-refractivity contribution in [2.24, 2.45) is 0 Å². The number of aromatic nitrogens is 3. The number of fused-ring (bicyclic) bond motifs is 1.